The summed E-state index contributed by atoms with van der Waals surface area (Å²) in [5.74, 6) is -0.508. The third-order valence-electron chi connectivity index (χ3n) is 14.6. The average molecular weight is 1140 g/mol. The van der Waals surface area contributed by atoms with Gasteiger partial charge in [0.15, 0.2) is 0 Å². The summed E-state index contributed by atoms with van der Waals surface area (Å²) in [6, 6.07) is -0.853. The summed E-state index contributed by atoms with van der Waals surface area (Å²) < 4.78 is 30.8. The molecule has 0 aromatic heterocycles. The van der Waals surface area contributed by atoms with E-state index in [9.17, 15) is 19.0 Å². The largest absolute Gasteiger partial charge is 0.472 e. The maximum Gasteiger partial charge on any atom is 0.472 e. The molecular weight excluding hydrogens is 1010 g/mol. The van der Waals surface area contributed by atoms with Crippen LogP contribution in [-0.2, 0) is 27.9 Å². The maximum atomic E-state index is 13.6. The van der Waals surface area contributed by atoms with Crippen molar-refractivity contribution in [3.05, 3.63) is 85.1 Å². The Hall–Kier alpha value is -2.81. The lowest BCUT2D eigenvalue weighted by Crippen LogP contribution is -2.47. The molecule has 2 N–H and O–H groups in total. The molecule has 0 fully saturated rings. The minimum absolute atomic E-state index is 0.0375. The zero-order valence-electron chi connectivity index (χ0n) is 53.1. The van der Waals surface area contributed by atoms with E-state index in [2.05, 4.69) is 99.0 Å². The quantitative estimate of drug-likeness (QED) is 0.0205. The van der Waals surface area contributed by atoms with E-state index in [4.69, 9.17) is 13.8 Å². The highest BCUT2D eigenvalue weighted by Gasteiger charge is 2.30. The number of amides is 1. The second kappa shape index (κ2) is 59.4. The van der Waals surface area contributed by atoms with Crippen LogP contribution < -0.4 is 5.32 Å². The van der Waals surface area contributed by atoms with Crippen LogP contribution in [-0.4, -0.2) is 74.3 Å². The monoisotopic (exact) mass is 1140 g/mol. The van der Waals surface area contributed by atoms with Crippen LogP contribution in [0.1, 0.15) is 297 Å². The molecule has 0 heterocycles. The van der Waals surface area contributed by atoms with Gasteiger partial charge in [-0.1, -0.05) is 286 Å². The van der Waals surface area contributed by atoms with Crippen molar-refractivity contribution in [2.75, 3.05) is 40.9 Å². The zero-order chi connectivity index (χ0) is 58.6. The van der Waals surface area contributed by atoms with E-state index in [-0.39, 0.29) is 31.5 Å². The van der Waals surface area contributed by atoms with Crippen LogP contribution in [0.15, 0.2) is 85.1 Å². The zero-order valence-corrected chi connectivity index (χ0v) is 54.0. The van der Waals surface area contributed by atoms with Crippen LogP contribution in [0.25, 0.3) is 0 Å². The number of quaternary nitrogens is 1. The molecule has 0 spiro atoms. The third-order valence-corrected chi connectivity index (χ3v) is 15.6. The number of ether oxygens (including phenoxy) is 1. The predicted molar refractivity (Wildman–Crippen MR) is 346 cm³/mol. The Labute approximate surface area is 495 Å². The smallest absolute Gasteiger partial charge is 0.456 e. The average Bonchev–Trinajstić information content (AvgIpc) is 3.42. The van der Waals surface area contributed by atoms with Crippen molar-refractivity contribution in [1.29, 1.82) is 0 Å². The van der Waals surface area contributed by atoms with E-state index in [1.807, 2.05) is 33.3 Å². The van der Waals surface area contributed by atoms with Crippen LogP contribution in [0, 0.1) is 0 Å². The number of carbonyl (C=O) groups is 2. The first-order valence-electron chi connectivity index (χ1n) is 33.4. The van der Waals surface area contributed by atoms with Crippen LogP contribution in [0.4, 0.5) is 0 Å². The molecule has 0 rings (SSSR count). The van der Waals surface area contributed by atoms with Crippen molar-refractivity contribution >= 4 is 19.7 Å². The molecule has 0 aliphatic rings. The van der Waals surface area contributed by atoms with Gasteiger partial charge < -0.3 is 19.4 Å². The van der Waals surface area contributed by atoms with Crippen molar-refractivity contribution in [2.45, 2.75) is 309 Å². The Kier molecular flexibility index (Phi) is 57.3. The lowest BCUT2D eigenvalue weighted by atomic mass is 10.0. The van der Waals surface area contributed by atoms with Crippen molar-refractivity contribution < 1.29 is 37.3 Å². The molecule has 0 aromatic carbocycles. The lowest BCUT2D eigenvalue weighted by Gasteiger charge is -2.27. The fourth-order valence-electron chi connectivity index (χ4n) is 9.47. The first kappa shape index (κ1) is 77.2. The first-order chi connectivity index (χ1) is 38.9. The van der Waals surface area contributed by atoms with E-state index < -0.39 is 20.0 Å². The molecule has 3 unspecified atom stereocenters. The number of likely N-dealkylation sites (N-methyl/N-ethyl adjacent to an activating group) is 1. The minimum Gasteiger partial charge on any atom is -0.456 e. The van der Waals surface area contributed by atoms with Gasteiger partial charge in [-0.25, -0.2) is 4.57 Å². The summed E-state index contributed by atoms with van der Waals surface area (Å²) in [5, 5.41) is 3.06. The predicted octanol–water partition coefficient (Wildman–Crippen LogP) is 21.0. The number of unbranched alkanes of at least 4 members (excludes halogenated alkanes) is 32. The van der Waals surface area contributed by atoms with Gasteiger partial charge in [-0.3, -0.25) is 18.6 Å². The SMILES string of the molecule is CC/C=C\C/C=C\C/C=C\C/C=C\C/C=C\C/C=C\CCCCCCCCCCC(=O)OC(/C=C\CCCCCCCCCCCCC)C(COP(=O)(O)OCC[N+](C)(C)C)NC(=O)CCCCCCCCCCCCCCCC. The Bertz CT molecular complexity index is 1640. The molecule has 0 radical (unpaired) electrons. The van der Waals surface area contributed by atoms with Gasteiger partial charge in [0.2, 0.25) is 5.91 Å². The number of esters is 1. The number of rotatable bonds is 60. The summed E-state index contributed by atoms with van der Waals surface area (Å²) in [6.45, 7) is 6.91. The molecule has 0 saturated carbocycles. The van der Waals surface area contributed by atoms with Crippen LogP contribution in [0.3, 0.4) is 0 Å². The number of nitrogens with one attached hydrogen (secondary N) is 1. The van der Waals surface area contributed by atoms with Gasteiger partial charge in [-0.2, -0.15) is 0 Å². The first-order valence-corrected chi connectivity index (χ1v) is 34.9. The van der Waals surface area contributed by atoms with Crippen LogP contribution >= 0.6 is 7.82 Å². The van der Waals surface area contributed by atoms with Gasteiger partial charge in [0.1, 0.15) is 19.3 Å². The second-order valence-electron chi connectivity index (χ2n) is 23.6. The fraction of sp³-hybridized carbons (Fsp3) is 0.771. The molecule has 0 saturated heterocycles. The van der Waals surface area contributed by atoms with Gasteiger partial charge in [0.25, 0.3) is 0 Å². The number of carbonyl (C=O) groups excluding carboxylic acids is 2. The van der Waals surface area contributed by atoms with Gasteiger partial charge in [0.05, 0.1) is 33.8 Å². The summed E-state index contributed by atoms with van der Waals surface area (Å²) in [4.78, 5) is 37.8. The van der Waals surface area contributed by atoms with Gasteiger partial charge in [0, 0.05) is 12.8 Å². The maximum absolute atomic E-state index is 13.6. The second-order valence-corrected chi connectivity index (χ2v) is 25.1. The molecule has 0 aliphatic heterocycles. The molecule has 1 amide bonds. The number of nitrogens with zero attached hydrogens (tertiary/aromatic N) is 1. The summed E-state index contributed by atoms with van der Waals surface area (Å²) in [5.41, 5.74) is 0. The van der Waals surface area contributed by atoms with E-state index in [0.29, 0.717) is 17.4 Å². The molecule has 0 aromatic rings. The van der Waals surface area contributed by atoms with Crippen molar-refractivity contribution in [3.8, 4) is 0 Å². The van der Waals surface area contributed by atoms with E-state index in [1.165, 1.54) is 154 Å². The Morgan fingerprint density at radius 3 is 1.20 bits per heavy atom. The molecular formula is C70H128N2O7P+. The van der Waals surface area contributed by atoms with Gasteiger partial charge >= 0.3 is 13.8 Å². The highest BCUT2D eigenvalue weighted by atomic mass is 31.2. The molecule has 0 aliphatic carbocycles. The number of allylic oxidation sites excluding steroid dienone is 13. The molecule has 80 heavy (non-hydrogen) atoms. The minimum atomic E-state index is -4.45. The van der Waals surface area contributed by atoms with Crippen molar-refractivity contribution in [1.82, 2.24) is 5.32 Å². The number of hydrogen-bond donors (Lipinski definition) is 2. The normalized spacial score (nSPS) is 14.1. The van der Waals surface area contributed by atoms with Gasteiger partial charge in [-0.15, -0.1) is 0 Å². The third kappa shape index (κ3) is 59.8. The van der Waals surface area contributed by atoms with E-state index >= 15 is 0 Å². The highest BCUT2D eigenvalue weighted by molar-refractivity contribution is 7.47. The molecule has 464 valence electrons. The topological polar surface area (TPSA) is 111 Å². The number of phosphoric ester groups is 1. The number of hydrogen-bond acceptors (Lipinski definition) is 6. The van der Waals surface area contributed by atoms with E-state index in [1.54, 1.807) is 0 Å². The Morgan fingerprint density at radius 1 is 0.450 bits per heavy atom. The summed E-state index contributed by atoms with van der Waals surface area (Å²) in [6.07, 6.45) is 78.7. The van der Waals surface area contributed by atoms with Crippen molar-refractivity contribution in [3.63, 3.8) is 0 Å². The Balaban J connectivity index is 5.13. The molecule has 3 atom stereocenters. The molecule has 10 heteroatoms. The van der Waals surface area contributed by atoms with Gasteiger partial charge in [-0.05, 0) is 83.1 Å². The lowest BCUT2D eigenvalue weighted by molar-refractivity contribution is -0.870. The Morgan fingerprint density at radius 2 is 0.800 bits per heavy atom. The fourth-order valence-corrected chi connectivity index (χ4v) is 10.2. The van der Waals surface area contributed by atoms with Crippen molar-refractivity contribution in [2.24, 2.45) is 0 Å². The molecule has 9 nitrogen and oxygen atoms in total. The number of phosphoric acid groups is 1. The molecule has 0 bridgehead atoms. The summed E-state index contributed by atoms with van der Waals surface area (Å²) >= 11 is 0. The highest BCUT2D eigenvalue weighted by Crippen LogP contribution is 2.43. The summed E-state index contributed by atoms with van der Waals surface area (Å²) in [7, 11) is 1.49. The van der Waals surface area contributed by atoms with E-state index in [0.717, 1.165) is 109 Å². The van der Waals surface area contributed by atoms with Crippen LogP contribution in [0.2, 0.25) is 0 Å². The standard InChI is InChI=1S/C70H127N2O7P/c1-7-10-13-16-19-22-25-28-30-31-32-33-34-35-36-37-38-39-40-41-42-45-48-51-54-57-60-63-70(74)79-68(61-58-55-52-49-46-43-27-24-21-18-15-12-9-3)67(66-78-80(75,76)77-65-64-72(4,5)6)71-69(73)62-59-56-53-50-47-44-29-26-23-20-17-14-11-8-2/h10,13,19,22,28,30,32-33,35-36,38-39,58,61,67-68H,7-9,11-12,14-18,20-21,23-27,29,31,34,37,40-57,59-60,62-66H2,1-6H3,(H-,71,73,75,76)/p+1/b13-10-,22-19-,30-28-,33-32-,36-35-,39-38-,61-58-. The van der Waals surface area contributed by atoms with Crippen LogP contribution in [0.5, 0.6) is 0 Å².